The number of fused-ring (bicyclic) bond motifs is 1. The zero-order valence-corrected chi connectivity index (χ0v) is 19.8. The average molecular weight is 497 g/mol. The lowest BCUT2D eigenvalue weighted by Crippen LogP contribution is -2.49. The number of ether oxygens (including phenoxy) is 3. The Bertz CT molecular complexity index is 1310. The molecule has 8 nitrogen and oxygen atoms in total. The molecule has 10 heteroatoms. The summed E-state index contributed by atoms with van der Waals surface area (Å²) in [5, 5.41) is 8.74. The summed E-state index contributed by atoms with van der Waals surface area (Å²) in [6.07, 6.45) is 5.63. The molecule has 0 radical (unpaired) electrons. The smallest absolute Gasteiger partial charge is 0.387 e. The molecule has 36 heavy (non-hydrogen) atoms. The van der Waals surface area contributed by atoms with Crippen LogP contribution in [0.25, 0.3) is 16.9 Å². The van der Waals surface area contributed by atoms with E-state index >= 15 is 0 Å². The molecule has 188 valence electrons. The maximum atomic E-state index is 13.2. The summed E-state index contributed by atoms with van der Waals surface area (Å²) >= 11 is 0. The largest absolute Gasteiger partial charge is 0.496 e. The number of Topliss-reactive ketones (excluding diaryl/α,β-unsaturated/α-hetero) is 1. The number of rotatable bonds is 11. The number of likely N-dealkylation sites (tertiary alicyclic amines) is 1. The van der Waals surface area contributed by atoms with Crippen molar-refractivity contribution in [3.8, 4) is 34.6 Å². The van der Waals surface area contributed by atoms with Gasteiger partial charge in [-0.15, -0.1) is 0 Å². The second-order valence-corrected chi connectivity index (χ2v) is 9.26. The van der Waals surface area contributed by atoms with E-state index < -0.39 is 6.61 Å². The monoisotopic (exact) mass is 496 g/mol. The van der Waals surface area contributed by atoms with E-state index in [4.69, 9.17) is 19.5 Å². The fourth-order valence-electron chi connectivity index (χ4n) is 4.54. The van der Waals surface area contributed by atoms with Crippen LogP contribution in [-0.4, -0.2) is 60.0 Å². The predicted molar refractivity (Wildman–Crippen MR) is 127 cm³/mol. The summed E-state index contributed by atoms with van der Waals surface area (Å²) in [4.78, 5) is 19.4. The maximum absolute atomic E-state index is 13.2. The third-order valence-corrected chi connectivity index (χ3v) is 6.55. The van der Waals surface area contributed by atoms with Crippen molar-refractivity contribution in [2.45, 2.75) is 25.9 Å². The first-order valence-electron chi connectivity index (χ1n) is 11.8. The van der Waals surface area contributed by atoms with Crippen LogP contribution >= 0.6 is 0 Å². The first kappa shape index (κ1) is 24.0. The van der Waals surface area contributed by atoms with E-state index in [1.807, 2.05) is 6.07 Å². The van der Waals surface area contributed by atoms with Crippen molar-refractivity contribution in [1.29, 1.82) is 5.26 Å². The number of methoxy groups -OCH3 is 1. The highest BCUT2D eigenvalue weighted by atomic mass is 19.3. The molecule has 1 saturated carbocycles. The summed E-state index contributed by atoms with van der Waals surface area (Å²) in [6, 6.07) is 8.84. The van der Waals surface area contributed by atoms with Crippen LogP contribution in [0.2, 0.25) is 0 Å². The van der Waals surface area contributed by atoms with Crippen LogP contribution in [-0.2, 0) is 0 Å². The van der Waals surface area contributed by atoms with Gasteiger partial charge in [0.25, 0.3) is 0 Å². The Balaban J connectivity index is 1.39. The molecular formula is C26H26F2N4O4. The zero-order valence-electron chi connectivity index (χ0n) is 19.8. The van der Waals surface area contributed by atoms with E-state index in [2.05, 4.69) is 16.0 Å². The highest BCUT2D eigenvalue weighted by molar-refractivity contribution is 6.02. The van der Waals surface area contributed by atoms with Gasteiger partial charge in [0, 0.05) is 43.3 Å². The lowest BCUT2D eigenvalue weighted by molar-refractivity contribution is -0.0502. The first-order valence-corrected chi connectivity index (χ1v) is 11.8. The van der Waals surface area contributed by atoms with Crippen molar-refractivity contribution in [3.63, 3.8) is 0 Å². The Hall–Kier alpha value is -3.71. The molecule has 1 saturated heterocycles. The Morgan fingerprint density at radius 3 is 2.69 bits per heavy atom. The number of pyridine rings is 1. The van der Waals surface area contributed by atoms with Crippen LogP contribution in [0, 0.1) is 23.2 Å². The predicted octanol–water partition coefficient (Wildman–Crippen LogP) is 4.43. The molecule has 0 amide bonds. The van der Waals surface area contributed by atoms with Crippen LogP contribution in [0.3, 0.4) is 0 Å². The van der Waals surface area contributed by atoms with E-state index in [0.717, 1.165) is 25.9 Å². The molecule has 0 unspecified atom stereocenters. The number of aromatic nitrogens is 2. The van der Waals surface area contributed by atoms with E-state index in [1.165, 1.54) is 13.2 Å². The summed E-state index contributed by atoms with van der Waals surface area (Å²) in [5.74, 6) is 1.06. The van der Waals surface area contributed by atoms with Crippen LogP contribution in [0.1, 0.15) is 29.6 Å². The number of imidazole rings is 1. The number of ketones is 1. The lowest BCUT2D eigenvalue weighted by atomic mass is 10.00. The first-order chi connectivity index (χ1) is 17.4. The SMILES string of the molecule is COc1cc(-c2cnc3cc(OCC4CN(CC#N)C4)ccn23)cc(OC(F)F)c1C(=O)CC1CC1. The fraction of sp³-hybridized carbons (Fsp3) is 0.423. The minimum absolute atomic E-state index is 0.0438. The number of alkyl halides is 2. The quantitative estimate of drug-likeness (QED) is 0.287. The number of benzene rings is 1. The second kappa shape index (κ2) is 10.1. The number of hydrogen-bond acceptors (Lipinski definition) is 7. The number of halogens is 2. The minimum Gasteiger partial charge on any atom is -0.496 e. The Morgan fingerprint density at radius 2 is 2.00 bits per heavy atom. The molecule has 0 spiro atoms. The van der Waals surface area contributed by atoms with Crippen molar-refractivity contribution in [3.05, 3.63) is 42.2 Å². The molecule has 5 rings (SSSR count). The van der Waals surface area contributed by atoms with Gasteiger partial charge < -0.3 is 14.2 Å². The van der Waals surface area contributed by atoms with Crippen LogP contribution in [0.5, 0.6) is 17.2 Å². The van der Waals surface area contributed by atoms with Gasteiger partial charge in [0.05, 0.1) is 38.2 Å². The maximum Gasteiger partial charge on any atom is 0.387 e. The van der Waals surface area contributed by atoms with Gasteiger partial charge in [-0.1, -0.05) is 0 Å². The Kier molecular flexibility index (Phi) is 6.74. The molecule has 1 aliphatic carbocycles. The van der Waals surface area contributed by atoms with Crippen LogP contribution in [0.15, 0.2) is 36.7 Å². The topological polar surface area (TPSA) is 89.1 Å². The normalized spacial score (nSPS) is 16.1. The number of nitriles is 1. The number of nitrogens with zero attached hydrogens (tertiary/aromatic N) is 4. The summed E-state index contributed by atoms with van der Waals surface area (Å²) in [5.41, 5.74) is 1.81. The van der Waals surface area contributed by atoms with E-state index in [1.54, 1.807) is 28.9 Å². The molecule has 2 aliphatic rings. The Labute approximate surface area is 207 Å². The molecule has 3 aromatic rings. The van der Waals surface area contributed by atoms with Crippen molar-refractivity contribution >= 4 is 11.4 Å². The average Bonchev–Trinajstić information content (AvgIpc) is 3.54. The summed E-state index contributed by atoms with van der Waals surface area (Å²) in [7, 11) is 1.40. The van der Waals surface area contributed by atoms with E-state index in [0.29, 0.717) is 41.7 Å². The van der Waals surface area contributed by atoms with E-state index in [-0.39, 0.29) is 35.2 Å². The highest BCUT2D eigenvalue weighted by Crippen LogP contribution is 2.40. The summed E-state index contributed by atoms with van der Waals surface area (Å²) in [6.45, 7) is -0.417. The van der Waals surface area contributed by atoms with Gasteiger partial charge >= 0.3 is 6.61 Å². The fourth-order valence-corrected chi connectivity index (χ4v) is 4.54. The summed E-state index contributed by atoms with van der Waals surface area (Å²) < 4.78 is 44.4. The minimum atomic E-state index is -3.08. The van der Waals surface area contributed by atoms with Gasteiger partial charge in [-0.25, -0.2) is 4.98 Å². The van der Waals surface area contributed by atoms with Crippen LogP contribution in [0.4, 0.5) is 8.78 Å². The molecule has 0 bridgehead atoms. The number of hydrogen-bond donors (Lipinski definition) is 0. The number of carbonyl (C=O) groups excluding carboxylic acids is 1. The van der Waals surface area contributed by atoms with Gasteiger partial charge in [0.2, 0.25) is 0 Å². The van der Waals surface area contributed by atoms with E-state index in [9.17, 15) is 13.6 Å². The molecule has 1 aliphatic heterocycles. The highest BCUT2D eigenvalue weighted by Gasteiger charge is 2.30. The van der Waals surface area contributed by atoms with Crippen molar-refractivity contribution < 1.29 is 27.8 Å². The van der Waals surface area contributed by atoms with Gasteiger partial charge in [0.1, 0.15) is 28.5 Å². The third kappa shape index (κ3) is 5.11. The zero-order chi connectivity index (χ0) is 25.2. The van der Waals surface area contributed by atoms with Gasteiger partial charge in [0.15, 0.2) is 5.78 Å². The molecule has 2 aromatic heterocycles. The Morgan fingerprint density at radius 1 is 1.22 bits per heavy atom. The molecular weight excluding hydrogens is 470 g/mol. The lowest BCUT2D eigenvalue weighted by Gasteiger charge is -2.37. The molecule has 0 atom stereocenters. The second-order valence-electron chi connectivity index (χ2n) is 9.26. The third-order valence-electron chi connectivity index (χ3n) is 6.55. The van der Waals surface area contributed by atoms with Crippen molar-refractivity contribution in [2.24, 2.45) is 11.8 Å². The molecule has 0 N–H and O–H groups in total. The molecule has 1 aromatic carbocycles. The standard InChI is InChI=1S/C26H26F2N4O4/c1-34-22-9-18(10-23(36-26(27)28)25(22)21(33)8-16-2-3-16)20-12-30-24-11-19(4-6-32(20)24)35-15-17-13-31(14-17)7-5-29/h4,6,9-12,16-17,26H,2-3,7-8,13-15H2,1H3. The van der Waals surface area contributed by atoms with Gasteiger partial charge in [-0.3, -0.25) is 14.1 Å². The van der Waals surface area contributed by atoms with Gasteiger partial charge in [-0.05, 0) is 37.0 Å². The van der Waals surface area contributed by atoms with Crippen molar-refractivity contribution in [1.82, 2.24) is 14.3 Å². The molecule has 2 fully saturated rings. The number of carbonyl (C=O) groups is 1. The molecule has 3 heterocycles. The van der Waals surface area contributed by atoms with Crippen molar-refractivity contribution in [2.75, 3.05) is 33.4 Å². The van der Waals surface area contributed by atoms with Gasteiger partial charge in [-0.2, -0.15) is 14.0 Å². The van der Waals surface area contributed by atoms with Crippen LogP contribution < -0.4 is 14.2 Å².